The van der Waals surface area contributed by atoms with Gasteiger partial charge in [0.1, 0.15) is 0 Å². The molecule has 0 saturated heterocycles. The van der Waals surface area contributed by atoms with Crippen LogP contribution in [-0.4, -0.2) is 4.98 Å². The third-order valence-corrected chi connectivity index (χ3v) is 3.65. The normalized spacial score (nSPS) is 10.4. The highest BCUT2D eigenvalue weighted by Crippen LogP contribution is 2.28. The van der Waals surface area contributed by atoms with Crippen molar-refractivity contribution in [3.63, 3.8) is 0 Å². The number of rotatable bonds is 3. The summed E-state index contributed by atoms with van der Waals surface area (Å²) in [5.74, 6) is 0. The highest BCUT2D eigenvalue weighted by Gasteiger charge is 2.18. The van der Waals surface area contributed by atoms with Crippen LogP contribution in [0.5, 0.6) is 0 Å². The molecule has 1 heterocycles. The Balaban J connectivity index is 3.32. The molecule has 1 rings (SSSR count). The zero-order valence-electron chi connectivity index (χ0n) is 7.48. The molecule has 0 aromatic carbocycles. The summed E-state index contributed by atoms with van der Waals surface area (Å²) < 4.78 is 25.8. The van der Waals surface area contributed by atoms with Crippen molar-refractivity contribution in [2.45, 2.75) is 18.2 Å². The Morgan fingerprint density at radius 3 is 2.73 bits per heavy atom. The Morgan fingerprint density at radius 1 is 1.60 bits per heavy atom. The average Bonchev–Trinajstić information content (AvgIpc) is 2.20. The molecule has 0 aliphatic rings. The van der Waals surface area contributed by atoms with Crippen LogP contribution in [0.25, 0.3) is 0 Å². The van der Waals surface area contributed by atoms with Crippen molar-refractivity contribution in [1.29, 1.82) is 5.26 Å². The van der Waals surface area contributed by atoms with E-state index in [9.17, 15) is 8.78 Å². The second-order valence-electron chi connectivity index (χ2n) is 2.72. The van der Waals surface area contributed by atoms with Gasteiger partial charge in [0.2, 0.25) is 0 Å². The summed E-state index contributed by atoms with van der Waals surface area (Å²) in [6.45, 7) is 0. The largest absolute Gasteiger partial charge is 0.265 e. The molecule has 2 nitrogen and oxygen atoms in total. The van der Waals surface area contributed by atoms with E-state index < -0.39 is 6.43 Å². The summed E-state index contributed by atoms with van der Waals surface area (Å²) in [6.07, 6.45) is -1.45. The molecule has 0 spiro atoms. The van der Waals surface area contributed by atoms with Crippen LogP contribution in [-0.2, 0) is 11.8 Å². The third kappa shape index (κ3) is 2.84. The lowest BCUT2D eigenvalue weighted by Crippen LogP contribution is -2.03. The van der Waals surface area contributed by atoms with Gasteiger partial charge in [-0.3, -0.25) is 4.98 Å². The van der Waals surface area contributed by atoms with Crippen molar-refractivity contribution >= 4 is 38.5 Å². The molecule has 15 heavy (non-hydrogen) atoms. The number of halogens is 4. The predicted molar refractivity (Wildman–Crippen MR) is 63.9 cm³/mol. The lowest BCUT2D eigenvalue weighted by molar-refractivity contribution is 0.150. The zero-order chi connectivity index (χ0) is 11.4. The number of alkyl halides is 3. The van der Waals surface area contributed by atoms with Crippen LogP contribution in [0.4, 0.5) is 8.78 Å². The van der Waals surface area contributed by atoms with Crippen LogP contribution in [0.15, 0.2) is 6.20 Å². The summed E-state index contributed by atoms with van der Waals surface area (Å²) in [4.78, 5) is 3.92. The lowest BCUT2D eigenvalue weighted by atomic mass is 10.1. The third-order valence-electron chi connectivity index (χ3n) is 1.84. The second kappa shape index (κ2) is 5.70. The summed E-state index contributed by atoms with van der Waals surface area (Å²) in [6, 6.07) is 1.89. The smallest absolute Gasteiger partial charge is 0.259 e. The lowest BCUT2D eigenvalue weighted by Gasteiger charge is -2.10. The first-order valence-corrected chi connectivity index (χ1v) is 6.19. The summed E-state index contributed by atoms with van der Waals surface area (Å²) in [5, 5.41) is 9.08. The van der Waals surface area contributed by atoms with Crippen molar-refractivity contribution in [3.8, 4) is 6.07 Å². The highest BCUT2D eigenvalue weighted by molar-refractivity contribution is 14.1. The van der Waals surface area contributed by atoms with Crippen LogP contribution in [0.2, 0.25) is 0 Å². The number of aromatic nitrogens is 1. The number of nitriles is 1. The topological polar surface area (TPSA) is 36.7 Å². The minimum absolute atomic E-state index is 0.0134. The van der Waals surface area contributed by atoms with E-state index in [0.717, 1.165) is 6.20 Å². The summed E-state index contributed by atoms with van der Waals surface area (Å²) in [5.41, 5.74) is 0.924. The molecule has 1 aromatic rings. The van der Waals surface area contributed by atoms with Gasteiger partial charge in [0.25, 0.3) is 6.43 Å². The van der Waals surface area contributed by atoms with Gasteiger partial charge in [0, 0.05) is 20.7 Å². The maximum absolute atomic E-state index is 12.6. The van der Waals surface area contributed by atoms with Crippen LogP contribution in [0.3, 0.4) is 0 Å². The molecular weight excluding hydrogens is 381 g/mol. The molecule has 0 atom stereocenters. The Labute approximate surface area is 108 Å². The van der Waals surface area contributed by atoms with Crippen molar-refractivity contribution in [3.05, 3.63) is 26.6 Å². The average molecular weight is 387 g/mol. The van der Waals surface area contributed by atoms with Crippen LogP contribution < -0.4 is 0 Å². The molecule has 0 fully saturated rings. The summed E-state index contributed by atoms with van der Waals surface area (Å²) >= 11 is 5.16. The number of hydrogen-bond acceptors (Lipinski definition) is 2. The molecule has 80 valence electrons. The van der Waals surface area contributed by atoms with Crippen molar-refractivity contribution in [2.75, 3.05) is 0 Å². The number of nitrogens with zero attached hydrogens (tertiary/aromatic N) is 2. The van der Waals surface area contributed by atoms with Gasteiger partial charge in [-0.25, -0.2) is 8.78 Å². The van der Waals surface area contributed by atoms with Gasteiger partial charge in [-0.1, -0.05) is 15.9 Å². The van der Waals surface area contributed by atoms with E-state index in [4.69, 9.17) is 5.26 Å². The first-order valence-electron chi connectivity index (χ1n) is 3.99. The Morgan fingerprint density at radius 2 is 2.27 bits per heavy atom. The molecule has 0 N–H and O–H groups in total. The Kier molecular flexibility index (Phi) is 4.86. The SMILES string of the molecule is N#CCc1c(C(F)F)cnc(CBr)c1I. The van der Waals surface area contributed by atoms with Crippen molar-refractivity contribution in [1.82, 2.24) is 4.98 Å². The monoisotopic (exact) mass is 386 g/mol. The molecule has 6 heteroatoms. The Bertz CT molecular complexity index is 404. The van der Waals surface area contributed by atoms with Crippen LogP contribution in [0, 0.1) is 14.9 Å². The fraction of sp³-hybridized carbons (Fsp3) is 0.333. The first kappa shape index (κ1) is 12.8. The minimum atomic E-state index is -2.58. The Hall–Kier alpha value is -0.290. The van der Waals surface area contributed by atoms with E-state index in [1.54, 1.807) is 0 Å². The fourth-order valence-electron chi connectivity index (χ4n) is 1.12. The molecule has 0 unspecified atom stereocenters. The molecule has 0 radical (unpaired) electrons. The van der Waals surface area contributed by atoms with Crippen LogP contribution in [0.1, 0.15) is 23.2 Å². The molecule has 0 aliphatic carbocycles. The quantitative estimate of drug-likeness (QED) is 0.588. The van der Waals surface area contributed by atoms with Gasteiger partial charge < -0.3 is 0 Å². The molecule has 0 aliphatic heterocycles. The first-order chi connectivity index (χ1) is 7.11. The zero-order valence-corrected chi connectivity index (χ0v) is 11.2. The van der Waals surface area contributed by atoms with Gasteiger partial charge >= 0.3 is 0 Å². The minimum Gasteiger partial charge on any atom is -0.259 e. The maximum Gasteiger partial charge on any atom is 0.265 e. The van der Waals surface area contributed by atoms with Crippen molar-refractivity contribution in [2.24, 2.45) is 0 Å². The molecule has 0 amide bonds. The second-order valence-corrected chi connectivity index (χ2v) is 4.36. The van der Waals surface area contributed by atoms with Gasteiger partial charge in [0.05, 0.1) is 18.2 Å². The van der Waals surface area contributed by atoms with E-state index >= 15 is 0 Å². The standard InChI is InChI=1S/C9H6BrF2IN2/c10-3-7-8(13)5(1-2-14)6(4-15-7)9(11)12/h4,9H,1,3H2. The predicted octanol–water partition coefficient (Wildman–Crippen LogP) is 3.58. The van der Waals surface area contributed by atoms with Gasteiger partial charge in [-0.15, -0.1) is 0 Å². The molecular formula is C9H6BrF2IN2. The molecule has 0 saturated carbocycles. The van der Waals surface area contributed by atoms with E-state index in [0.29, 0.717) is 20.2 Å². The van der Waals surface area contributed by atoms with E-state index in [2.05, 4.69) is 20.9 Å². The number of hydrogen-bond donors (Lipinski definition) is 0. The molecule has 0 bridgehead atoms. The fourth-order valence-corrected chi connectivity index (χ4v) is 2.90. The molecule has 1 aromatic heterocycles. The van der Waals surface area contributed by atoms with E-state index in [1.807, 2.05) is 28.7 Å². The van der Waals surface area contributed by atoms with E-state index in [-0.39, 0.29) is 12.0 Å². The maximum atomic E-state index is 12.6. The highest BCUT2D eigenvalue weighted by atomic mass is 127. The van der Waals surface area contributed by atoms with Gasteiger partial charge in [-0.05, 0) is 28.2 Å². The number of pyridine rings is 1. The van der Waals surface area contributed by atoms with Gasteiger partial charge in [0.15, 0.2) is 0 Å². The van der Waals surface area contributed by atoms with Crippen molar-refractivity contribution < 1.29 is 8.78 Å². The van der Waals surface area contributed by atoms with Crippen LogP contribution >= 0.6 is 38.5 Å². The van der Waals surface area contributed by atoms with Gasteiger partial charge in [-0.2, -0.15) is 5.26 Å². The summed E-state index contributed by atoms with van der Waals surface area (Å²) in [7, 11) is 0. The van der Waals surface area contributed by atoms with E-state index in [1.165, 1.54) is 0 Å².